The van der Waals surface area contributed by atoms with Gasteiger partial charge in [-0.1, -0.05) is 13.8 Å². The maximum Gasteiger partial charge on any atom is 0.334 e. The third kappa shape index (κ3) is 3.93. The Bertz CT molecular complexity index is 524. The van der Waals surface area contributed by atoms with Gasteiger partial charge in [-0.05, 0) is 6.92 Å². The number of rotatable bonds is 7. The summed E-state index contributed by atoms with van der Waals surface area (Å²) in [6.07, 6.45) is 0.170. The second-order valence-corrected chi connectivity index (χ2v) is 5.07. The molecule has 0 saturated heterocycles. The molecule has 0 N–H and O–H groups in total. The SMILES string of the molecule is CCOC(=O)CCN(C)c1c([N+](=O)[O-])c(C(C)C)nn1C. The minimum Gasteiger partial charge on any atom is -0.466 e. The fourth-order valence-corrected chi connectivity index (χ4v) is 2.11. The highest BCUT2D eigenvalue weighted by molar-refractivity contribution is 5.70. The lowest BCUT2D eigenvalue weighted by molar-refractivity contribution is -0.385. The summed E-state index contributed by atoms with van der Waals surface area (Å²) in [5.74, 6) is 0.0232. The van der Waals surface area contributed by atoms with E-state index in [1.165, 1.54) is 4.68 Å². The predicted molar refractivity (Wildman–Crippen MR) is 78.5 cm³/mol. The van der Waals surface area contributed by atoms with Gasteiger partial charge in [-0.25, -0.2) is 4.68 Å². The molecule has 1 aromatic rings. The van der Waals surface area contributed by atoms with Crippen LogP contribution in [-0.2, 0) is 16.6 Å². The van der Waals surface area contributed by atoms with E-state index in [2.05, 4.69) is 5.10 Å². The topological polar surface area (TPSA) is 90.5 Å². The van der Waals surface area contributed by atoms with E-state index in [9.17, 15) is 14.9 Å². The molecule has 0 bridgehead atoms. The van der Waals surface area contributed by atoms with Crippen LogP contribution in [0, 0.1) is 10.1 Å². The molecule has 0 aliphatic rings. The summed E-state index contributed by atoms with van der Waals surface area (Å²) in [5, 5.41) is 15.6. The van der Waals surface area contributed by atoms with Crippen molar-refractivity contribution in [3.05, 3.63) is 15.8 Å². The monoisotopic (exact) mass is 298 g/mol. The molecule has 1 aromatic heterocycles. The van der Waals surface area contributed by atoms with E-state index in [0.29, 0.717) is 24.7 Å². The molecule has 118 valence electrons. The van der Waals surface area contributed by atoms with Crippen molar-refractivity contribution in [2.24, 2.45) is 7.05 Å². The van der Waals surface area contributed by atoms with Gasteiger partial charge in [0.15, 0.2) is 0 Å². The molecule has 1 heterocycles. The van der Waals surface area contributed by atoms with Crippen LogP contribution in [0.15, 0.2) is 0 Å². The Morgan fingerprint density at radius 1 is 1.52 bits per heavy atom. The van der Waals surface area contributed by atoms with E-state index >= 15 is 0 Å². The van der Waals surface area contributed by atoms with E-state index in [1.54, 1.807) is 25.9 Å². The summed E-state index contributed by atoms with van der Waals surface area (Å²) >= 11 is 0. The van der Waals surface area contributed by atoms with E-state index in [0.717, 1.165) is 0 Å². The van der Waals surface area contributed by atoms with Crippen molar-refractivity contribution in [1.82, 2.24) is 9.78 Å². The van der Waals surface area contributed by atoms with Gasteiger partial charge in [0.25, 0.3) is 0 Å². The van der Waals surface area contributed by atoms with Crippen LogP contribution < -0.4 is 4.90 Å². The molecular formula is C13H22N4O4. The van der Waals surface area contributed by atoms with E-state index < -0.39 is 4.92 Å². The Kier molecular flexibility index (Phi) is 5.69. The smallest absolute Gasteiger partial charge is 0.334 e. The third-order valence-electron chi connectivity index (χ3n) is 3.07. The molecule has 0 unspecified atom stereocenters. The van der Waals surface area contributed by atoms with E-state index in [-0.39, 0.29) is 24.0 Å². The third-order valence-corrected chi connectivity index (χ3v) is 3.07. The van der Waals surface area contributed by atoms with Gasteiger partial charge in [0.1, 0.15) is 5.69 Å². The molecule has 0 aromatic carbocycles. The Hall–Kier alpha value is -2.12. The molecule has 0 spiro atoms. The van der Waals surface area contributed by atoms with Gasteiger partial charge in [-0.2, -0.15) is 5.10 Å². The average molecular weight is 298 g/mol. The van der Waals surface area contributed by atoms with Crippen LogP contribution in [0.3, 0.4) is 0 Å². The van der Waals surface area contributed by atoms with E-state index in [4.69, 9.17) is 4.74 Å². The first-order valence-corrected chi connectivity index (χ1v) is 6.87. The van der Waals surface area contributed by atoms with Gasteiger partial charge >= 0.3 is 11.7 Å². The number of carbonyl (C=O) groups excluding carboxylic acids is 1. The number of aryl methyl sites for hydroxylation is 1. The lowest BCUT2D eigenvalue weighted by Crippen LogP contribution is -2.24. The van der Waals surface area contributed by atoms with Crippen LogP contribution in [0.5, 0.6) is 0 Å². The van der Waals surface area contributed by atoms with Crippen LogP contribution in [-0.4, -0.2) is 40.9 Å². The van der Waals surface area contributed by atoms with Crippen molar-refractivity contribution in [2.45, 2.75) is 33.1 Å². The summed E-state index contributed by atoms with van der Waals surface area (Å²) in [4.78, 5) is 24.0. The number of hydrogen-bond acceptors (Lipinski definition) is 6. The molecule has 0 aliphatic carbocycles. The number of carbonyl (C=O) groups is 1. The molecule has 0 radical (unpaired) electrons. The zero-order valence-electron chi connectivity index (χ0n) is 13.1. The predicted octanol–water partition coefficient (Wildman–Crippen LogP) is 1.84. The molecule has 21 heavy (non-hydrogen) atoms. The highest BCUT2D eigenvalue weighted by Crippen LogP contribution is 2.34. The maximum absolute atomic E-state index is 11.4. The van der Waals surface area contributed by atoms with Crippen LogP contribution >= 0.6 is 0 Å². The second kappa shape index (κ2) is 7.05. The van der Waals surface area contributed by atoms with Crippen molar-refractivity contribution in [3.8, 4) is 0 Å². The number of hydrogen-bond donors (Lipinski definition) is 0. The number of ether oxygens (including phenoxy) is 1. The van der Waals surface area contributed by atoms with Crippen molar-refractivity contribution < 1.29 is 14.5 Å². The molecule has 0 amide bonds. The number of esters is 1. The fraction of sp³-hybridized carbons (Fsp3) is 0.692. The van der Waals surface area contributed by atoms with E-state index in [1.807, 2.05) is 13.8 Å². The van der Waals surface area contributed by atoms with Crippen LogP contribution in [0.1, 0.15) is 38.8 Å². The zero-order valence-corrected chi connectivity index (χ0v) is 13.1. The summed E-state index contributed by atoms with van der Waals surface area (Å²) in [6.45, 7) is 6.11. The summed E-state index contributed by atoms with van der Waals surface area (Å²) in [6, 6.07) is 0. The zero-order chi connectivity index (χ0) is 16.2. The molecule has 8 heteroatoms. The summed E-state index contributed by atoms with van der Waals surface area (Å²) in [7, 11) is 3.36. The normalized spacial score (nSPS) is 10.8. The van der Waals surface area contributed by atoms with Crippen LogP contribution in [0.25, 0.3) is 0 Å². The number of nitro groups is 1. The molecule has 8 nitrogen and oxygen atoms in total. The lowest BCUT2D eigenvalue weighted by Gasteiger charge is -2.17. The summed E-state index contributed by atoms with van der Waals surface area (Å²) < 4.78 is 6.34. The van der Waals surface area contributed by atoms with Crippen molar-refractivity contribution >= 4 is 17.5 Å². The molecule has 0 aliphatic heterocycles. The lowest BCUT2D eigenvalue weighted by atomic mass is 10.1. The molecule has 1 rings (SSSR count). The first-order chi connectivity index (χ1) is 9.79. The standard InChI is InChI=1S/C13H22N4O4/c1-6-21-10(18)7-8-15(4)13-12(17(19)20)11(9(2)3)14-16(13)5/h9H,6-8H2,1-5H3. The highest BCUT2D eigenvalue weighted by Gasteiger charge is 2.30. The minimum atomic E-state index is -0.418. The van der Waals surface area contributed by atoms with Crippen molar-refractivity contribution in [2.75, 3.05) is 25.1 Å². The fourth-order valence-electron chi connectivity index (χ4n) is 2.11. The van der Waals surface area contributed by atoms with Gasteiger partial charge in [0.2, 0.25) is 5.82 Å². The second-order valence-electron chi connectivity index (χ2n) is 5.07. The Morgan fingerprint density at radius 2 is 2.14 bits per heavy atom. The van der Waals surface area contributed by atoms with Crippen molar-refractivity contribution in [1.29, 1.82) is 0 Å². The van der Waals surface area contributed by atoms with Crippen LogP contribution in [0.2, 0.25) is 0 Å². The Morgan fingerprint density at radius 3 is 2.62 bits per heavy atom. The molecular weight excluding hydrogens is 276 g/mol. The summed E-state index contributed by atoms with van der Waals surface area (Å²) in [5.41, 5.74) is 0.444. The number of nitrogens with zero attached hydrogens (tertiary/aromatic N) is 4. The molecule has 0 fully saturated rings. The quantitative estimate of drug-likeness (QED) is 0.433. The minimum absolute atomic E-state index is 0.00106. The van der Waals surface area contributed by atoms with Gasteiger partial charge < -0.3 is 9.64 Å². The number of aromatic nitrogens is 2. The first-order valence-electron chi connectivity index (χ1n) is 6.87. The van der Waals surface area contributed by atoms with Gasteiger partial charge in [-0.3, -0.25) is 14.9 Å². The van der Waals surface area contributed by atoms with Gasteiger partial charge in [-0.15, -0.1) is 0 Å². The molecule has 0 saturated carbocycles. The highest BCUT2D eigenvalue weighted by atomic mass is 16.6. The Balaban J connectivity index is 3.00. The van der Waals surface area contributed by atoms with Gasteiger partial charge in [0, 0.05) is 26.6 Å². The first kappa shape index (κ1) is 16.9. The maximum atomic E-state index is 11.4. The average Bonchev–Trinajstić information content (AvgIpc) is 2.74. The molecule has 0 atom stereocenters. The largest absolute Gasteiger partial charge is 0.466 e. The van der Waals surface area contributed by atoms with Crippen molar-refractivity contribution in [3.63, 3.8) is 0 Å². The van der Waals surface area contributed by atoms with Gasteiger partial charge in [0.05, 0.1) is 18.0 Å². The Labute approximate surface area is 123 Å². The van der Waals surface area contributed by atoms with Crippen LogP contribution in [0.4, 0.5) is 11.5 Å². The number of anilines is 1.